The number of hydrogen-bond acceptors (Lipinski definition) is 1. The highest BCUT2D eigenvalue weighted by molar-refractivity contribution is 5.30. The van der Waals surface area contributed by atoms with Crippen LogP contribution in [0.15, 0.2) is 29.8 Å². The lowest BCUT2D eigenvalue weighted by Gasteiger charge is -2.17. The van der Waals surface area contributed by atoms with Gasteiger partial charge in [0.15, 0.2) is 0 Å². The largest absolute Gasteiger partial charge is 0.307 e. The molecule has 1 atom stereocenters. The summed E-state index contributed by atoms with van der Waals surface area (Å²) in [5.41, 5.74) is 2.63. The Morgan fingerprint density at radius 3 is 2.71 bits per heavy atom. The summed E-state index contributed by atoms with van der Waals surface area (Å²) in [6, 6.07) is 5.54. The van der Waals surface area contributed by atoms with Gasteiger partial charge in [0.1, 0.15) is 5.82 Å². The Balaban J connectivity index is 3.03. The smallest absolute Gasteiger partial charge is 0.131 e. The fraction of sp³-hybridized carbons (Fsp3) is 0.467. The second kappa shape index (κ2) is 6.55. The van der Waals surface area contributed by atoms with Crippen molar-refractivity contribution < 1.29 is 4.39 Å². The normalized spacial score (nSPS) is 12.3. The van der Waals surface area contributed by atoms with Crippen LogP contribution in [0.5, 0.6) is 0 Å². The van der Waals surface area contributed by atoms with Crippen molar-refractivity contribution in [2.75, 3.05) is 6.54 Å². The molecule has 0 saturated heterocycles. The summed E-state index contributed by atoms with van der Waals surface area (Å²) in [4.78, 5) is 0. The molecule has 2 heteroatoms. The van der Waals surface area contributed by atoms with Crippen LogP contribution in [0.3, 0.4) is 0 Å². The van der Waals surface area contributed by atoms with Crippen LogP contribution in [0.4, 0.5) is 4.39 Å². The molecule has 1 aromatic rings. The van der Waals surface area contributed by atoms with Gasteiger partial charge in [0, 0.05) is 5.56 Å². The molecule has 0 radical (unpaired) electrons. The lowest BCUT2D eigenvalue weighted by molar-refractivity contribution is 0.549. The van der Waals surface area contributed by atoms with E-state index >= 15 is 0 Å². The third-order valence-corrected chi connectivity index (χ3v) is 2.67. The van der Waals surface area contributed by atoms with E-state index < -0.39 is 0 Å². The highest BCUT2D eigenvalue weighted by Gasteiger charge is 2.13. The van der Waals surface area contributed by atoms with Crippen LogP contribution < -0.4 is 5.32 Å². The Bertz CT molecular complexity index is 392. The van der Waals surface area contributed by atoms with E-state index in [0.717, 1.165) is 18.5 Å². The fourth-order valence-electron chi connectivity index (χ4n) is 1.80. The van der Waals surface area contributed by atoms with Crippen LogP contribution in [-0.2, 0) is 0 Å². The van der Waals surface area contributed by atoms with Crippen molar-refractivity contribution in [1.29, 1.82) is 0 Å². The van der Waals surface area contributed by atoms with Gasteiger partial charge in [-0.15, -0.1) is 0 Å². The Morgan fingerprint density at radius 1 is 1.41 bits per heavy atom. The van der Waals surface area contributed by atoms with Gasteiger partial charge in [-0.05, 0) is 39.3 Å². The number of halogens is 1. The zero-order chi connectivity index (χ0) is 12.8. The van der Waals surface area contributed by atoms with Crippen LogP contribution >= 0.6 is 0 Å². The predicted octanol–water partition coefficient (Wildman–Crippen LogP) is 4.14. The Kier molecular flexibility index (Phi) is 5.36. The van der Waals surface area contributed by atoms with E-state index in [-0.39, 0.29) is 11.9 Å². The van der Waals surface area contributed by atoms with Crippen LogP contribution in [0.2, 0.25) is 0 Å². The van der Waals surface area contributed by atoms with Crippen LogP contribution in [-0.4, -0.2) is 6.54 Å². The first kappa shape index (κ1) is 13.9. The van der Waals surface area contributed by atoms with E-state index in [1.165, 1.54) is 5.57 Å². The van der Waals surface area contributed by atoms with Gasteiger partial charge in [-0.25, -0.2) is 4.39 Å². The molecule has 0 spiro atoms. The number of nitrogens with one attached hydrogen (secondary N) is 1. The molecule has 0 saturated carbocycles. The van der Waals surface area contributed by atoms with Crippen molar-refractivity contribution >= 4 is 0 Å². The van der Waals surface area contributed by atoms with Crippen molar-refractivity contribution in [1.82, 2.24) is 5.32 Å². The molecule has 1 aromatic carbocycles. The third kappa shape index (κ3) is 3.97. The molecule has 1 unspecified atom stereocenters. The minimum absolute atomic E-state index is 0.0279. The maximum Gasteiger partial charge on any atom is 0.131 e. The molecule has 94 valence electrons. The summed E-state index contributed by atoms with van der Waals surface area (Å²) in [5, 5.41) is 3.37. The first-order valence-electron chi connectivity index (χ1n) is 6.19. The molecule has 1 N–H and O–H groups in total. The summed E-state index contributed by atoms with van der Waals surface area (Å²) in [6.07, 6.45) is 3.12. The highest BCUT2D eigenvalue weighted by atomic mass is 19.1. The van der Waals surface area contributed by atoms with E-state index in [9.17, 15) is 4.39 Å². The van der Waals surface area contributed by atoms with Gasteiger partial charge in [-0.1, -0.05) is 36.8 Å². The number of hydrogen-bond donors (Lipinski definition) is 1. The molecule has 0 heterocycles. The van der Waals surface area contributed by atoms with Crippen LogP contribution in [0, 0.1) is 12.7 Å². The molecule has 0 aromatic heterocycles. The predicted molar refractivity (Wildman–Crippen MR) is 71.6 cm³/mol. The van der Waals surface area contributed by atoms with Crippen molar-refractivity contribution in [2.24, 2.45) is 0 Å². The highest BCUT2D eigenvalue weighted by Crippen LogP contribution is 2.21. The summed E-state index contributed by atoms with van der Waals surface area (Å²) >= 11 is 0. The Labute approximate surface area is 104 Å². The molecule has 0 bridgehead atoms. The topological polar surface area (TPSA) is 12.0 Å². The average molecular weight is 235 g/mol. The molecule has 0 amide bonds. The SMILES string of the molecule is CCCNC(C=C(C)C)c1cccc(C)c1F. The zero-order valence-electron chi connectivity index (χ0n) is 11.2. The minimum atomic E-state index is -0.0985. The first-order valence-corrected chi connectivity index (χ1v) is 6.19. The van der Waals surface area contributed by atoms with E-state index in [4.69, 9.17) is 0 Å². The second-order valence-electron chi connectivity index (χ2n) is 4.65. The van der Waals surface area contributed by atoms with Crippen molar-refractivity contribution in [3.63, 3.8) is 0 Å². The van der Waals surface area contributed by atoms with E-state index in [0.29, 0.717) is 5.56 Å². The lowest BCUT2D eigenvalue weighted by atomic mass is 10.0. The lowest BCUT2D eigenvalue weighted by Crippen LogP contribution is -2.22. The molecular weight excluding hydrogens is 213 g/mol. The van der Waals surface area contributed by atoms with E-state index in [1.54, 1.807) is 13.0 Å². The standard InChI is InChI=1S/C15H22FN/c1-5-9-17-14(10-11(2)3)13-8-6-7-12(4)15(13)16/h6-8,10,14,17H,5,9H2,1-4H3. The van der Waals surface area contributed by atoms with Gasteiger partial charge in [-0.3, -0.25) is 0 Å². The van der Waals surface area contributed by atoms with Gasteiger partial charge < -0.3 is 5.32 Å². The zero-order valence-corrected chi connectivity index (χ0v) is 11.2. The molecule has 0 aliphatic heterocycles. The maximum absolute atomic E-state index is 14.1. The summed E-state index contributed by atoms with van der Waals surface area (Å²) in [7, 11) is 0. The van der Waals surface area contributed by atoms with Crippen LogP contribution in [0.1, 0.15) is 44.4 Å². The fourth-order valence-corrected chi connectivity index (χ4v) is 1.80. The third-order valence-electron chi connectivity index (χ3n) is 2.67. The van der Waals surface area contributed by atoms with Gasteiger partial charge in [0.05, 0.1) is 6.04 Å². The van der Waals surface area contributed by atoms with E-state index in [1.807, 2.05) is 26.0 Å². The Hall–Kier alpha value is -1.15. The molecule has 0 fully saturated rings. The number of allylic oxidation sites excluding steroid dienone is 1. The Morgan fingerprint density at radius 2 is 2.12 bits per heavy atom. The molecule has 1 nitrogen and oxygen atoms in total. The van der Waals surface area contributed by atoms with Crippen molar-refractivity contribution in [3.05, 3.63) is 46.8 Å². The van der Waals surface area contributed by atoms with E-state index in [2.05, 4.69) is 18.3 Å². The average Bonchev–Trinajstić information content (AvgIpc) is 2.28. The van der Waals surface area contributed by atoms with Gasteiger partial charge in [0.2, 0.25) is 0 Å². The molecule has 0 aliphatic rings. The first-order chi connectivity index (χ1) is 8.06. The summed E-state index contributed by atoms with van der Waals surface area (Å²) in [5.74, 6) is -0.0985. The second-order valence-corrected chi connectivity index (χ2v) is 4.65. The monoisotopic (exact) mass is 235 g/mol. The molecule has 0 aliphatic carbocycles. The van der Waals surface area contributed by atoms with Crippen molar-refractivity contribution in [2.45, 2.75) is 40.2 Å². The number of rotatable bonds is 5. The van der Waals surface area contributed by atoms with Gasteiger partial charge >= 0.3 is 0 Å². The molecule has 1 rings (SSSR count). The summed E-state index contributed by atoms with van der Waals surface area (Å²) < 4.78 is 14.1. The molecule has 17 heavy (non-hydrogen) atoms. The van der Waals surface area contributed by atoms with Gasteiger partial charge in [-0.2, -0.15) is 0 Å². The minimum Gasteiger partial charge on any atom is -0.307 e. The number of benzene rings is 1. The van der Waals surface area contributed by atoms with Gasteiger partial charge in [0.25, 0.3) is 0 Å². The van der Waals surface area contributed by atoms with Crippen molar-refractivity contribution in [3.8, 4) is 0 Å². The molecular formula is C15H22FN. The quantitative estimate of drug-likeness (QED) is 0.756. The maximum atomic E-state index is 14.1. The number of aryl methyl sites for hydroxylation is 1. The summed E-state index contributed by atoms with van der Waals surface area (Å²) in [6.45, 7) is 8.88. The van der Waals surface area contributed by atoms with Crippen LogP contribution in [0.25, 0.3) is 0 Å².